The summed E-state index contributed by atoms with van der Waals surface area (Å²) in [5.41, 5.74) is 3.22. The van der Waals surface area contributed by atoms with Gasteiger partial charge in [0.2, 0.25) is 0 Å². The van der Waals surface area contributed by atoms with Crippen LogP contribution in [0.3, 0.4) is 0 Å². The summed E-state index contributed by atoms with van der Waals surface area (Å²) in [6, 6.07) is 15.4. The van der Waals surface area contributed by atoms with E-state index in [0.29, 0.717) is 23.6 Å². The Balaban J connectivity index is 1.34. The summed E-state index contributed by atoms with van der Waals surface area (Å²) in [7, 11) is 0. The number of nitrogens with one attached hydrogen (secondary N) is 1. The fourth-order valence-electron chi connectivity index (χ4n) is 4.28. The van der Waals surface area contributed by atoms with Crippen LogP contribution in [0.1, 0.15) is 56.1 Å². The van der Waals surface area contributed by atoms with Gasteiger partial charge in [-0.2, -0.15) is 4.57 Å². The van der Waals surface area contributed by atoms with Gasteiger partial charge in [-0.05, 0) is 61.3 Å². The second kappa shape index (κ2) is 10.3. The van der Waals surface area contributed by atoms with E-state index in [1.165, 1.54) is 37.7 Å². The first kappa shape index (κ1) is 21.2. The Hall–Kier alpha value is -3.08. The zero-order valence-electron chi connectivity index (χ0n) is 17.9. The number of benzene rings is 2. The normalized spacial score (nSPS) is 15.0. The monoisotopic (exact) mass is 418 g/mol. The first-order valence-electron chi connectivity index (χ1n) is 11.4. The van der Waals surface area contributed by atoms with Crippen molar-refractivity contribution in [3.05, 3.63) is 76.3 Å². The lowest BCUT2D eigenvalue weighted by molar-refractivity contribution is 0.241. The molecule has 0 radical (unpaired) electrons. The molecule has 1 fully saturated rings. The number of rotatable bonds is 7. The molecule has 5 nitrogen and oxygen atoms in total. The van der Waals surface area contributed by atoms with E-state index in [4.69, 9.17) is 4.42 Å². The van der Waals surface area contributed by atoms with Crippen LogP contribution < -0.4 is 11.1 Å². The molecule has 1 heterocycles. The Kier molecular flexibility index (Phi) is 7.03. The molecule has 1 amide bonds. The van der Waals surface area contributed by atoms with Crippen LogP contribution >= 0.6 is 0 Å². The number of hydrogen-bond acceptors (Lipinski definition) is 3. The van der Waals surface area contributed by atoms with Gasteiger partial charge >= 0.3 is 11.8 Å². The molecule has 0 aliphatic heterocycles. The van der Waals surface area contributed by atoms with Gasteiger partial charge in [0.25, 0.3) is 0 Å². The molecule has 31 heavy (non-hydrogen) atoms. The predicted molar refractivity (Wildman–Crippen MR) is 124 cm³/mol. The molecule has 1 aliphatic carbocycles. The third-order valence-corrected chi connectivity index (χ3v) is 6.03. The van der Waals surface area contributed by atoms with Gasteiger partial charge in [-0.25, -0.2) is 9.59 Å². The van der Waals surface area contributed by atoms with Crippen molar-refractivity contribution in [2.75, 3.05) is 6.54 Å². The predicted octanol–water partition coefficient (Wildman–Crippen LogP) is 5.77. The molecule has 2 aromatic carbocycles. The highest BCUT2D eigenvalue weighted by atomic mass is 16.4. The van der Waals surface area contributed by atoms with Crippen molar-refractivity contribution in [3.63, 3.8) is 0 Å². The average molecular weight is 419 g/mol. The topological polar surface area (TPSA) is 64.2 Å². The summed E-state index contributed by atoms with van der Waals surface area (Å²) >= 11 is 0. The lowest BCUT2D eigenvalue weighted by Gasteiger charge is -2.17. The molecule has 3 aromatic rings. The van der Waals surface area contributed by atoms with Crippen LogP contribution in [0.25, 0.3) is 17.2 Å². The largest absolute Gasteiger partial charge is 0.428 e. The average Bonchev–Trinajstić information content (AvgIpc) is 3.13. The van der Waals surface area contributed by atoms with E-state index >= 15 is 0 Å². The minimum Gasteiger partial charge on any atom is -0.407 e. The molecule has 0 unspecified atom stereocenters. The van der Waals surface area contributed by atoms with Crippen molar-refractivity contribution in [3.8, 4) is 0 Å². The Labute approximate surface area is 182 Å². The Morgan fingerprint density at radius 1 is 1.06 bits per heavy atom. The SMILES string of the molecule is O=C(NCCCCc1ccccc1)n1c(=O)oc2cc(C=CC3CCCCC3)ccc21. The number of aryl methyl sites for hydroxylation is 1. The van der Waals surface area contributed by atoms with Gasteiger partial charge in [0.05, 0.1) is 5.52 Å². The van der Waals surface area contributed by atoms with Gasteiger partial charge < -0.3 is 9.73 Å². The van der Waals surface area contributed by atoms with Crippen LogP contribution in [-0.2, 0) is 6.42 Å². The van der Waals surface area contributed by atoms with Crippen molar-refractivity contribution in [2.45, 2.75) is 51.4 Å². The summed E-state index contributed by atoms with van der Waals surface area (Å²) in [5.74, 6) is -0.0149. The van der Waals surface area contributed by atoms with E-state index in [1.54, 1.807) is 6.07 Å². The number of nitrogens with zero attached hydrogens (tertiary/aromatic N) is 1. The van der Waals surface area contributed by atoms with Gasteiger partial charge in [0.15, 0.2) is 5.58 Å². The van der Waals surface area contributed by atoms with Crippen molar-refractivity contribution in [2.24, 2.45) is 5.92 Å². The van der Waals surface area contributed by atoms with Crippen LogP contribution in [0.4, 0.5) is 4.79 Å². The number of allylic oxidation sites excluding steroid dienone is 1. The van der Waals surface area contributed by atoms with E-state index in [1.807, 2.05) is 30.3 Å². The highest BCUT2D eigenvalue weighted by Crippen LogP contribution is 2.25. The van der Waals surface area contributed by atoms with Crippen LogP contribution in [-0.4, -0.2) is 17.1 Å². The Bertz CT molecular complexity index is 1090. The molecular formula is C26H30N2O3. The third kappa shape index (κ3) is 5.54. The summed E-state index contributed by atoms with van der Waals surface area (Å²) in [4.78, 5) is 24.9. The maximum atomic E-state index is 12.6. The molecule has 162 valence electrons. The quantitative estimate of drug-likeness (QED) is 0.496. The number of oxazole rings is 1. The number of amides is 1. The molecule has 1 N–H and O–H groups in total. The second-order valence-corrected chi connectivity index (χ2v) is 8.36. The number of carbonyl (C=O) groups excluding carboxylic acids is 1. The minimum absolute atomic E-state index is 0.436. The molecule has 4 rings (SSSR count). The van der Waals surface area contributed by atoms with E-state index in [2.05, 4.69) is 29.6 Å². The number of unbranched alkanes of at least 4 members (excludes halogenated alkanes) is 1. The second-order valence-electron chi connectivity index (χ2n) is 8.36. The highest BCUT2D eigenvalue weighted by Gasteiger charge is 2.16. The lowest BCUT2D eigenvalue weighted by atomic mass is 9.89. The molecule has 0 saturated heterocycles. The zero-order valence-corrected chi connectivity index (χ0v) is 17.9. The molecule has 0 bridgehead atoms. The summed E-state index contributed by atoms with van der Waals surface area (Å²) in [6.07, 6.45) is 13.6. The van der Waals surface area contributed by atoms with Crippen molar-refractivity contribution >= 4 is 23.2 Å². The van der Waals surface area contributed by atoms with Crippen molar-refractivity contribution in [1.82, 2.24) is 9.88 Å². The van der Waals surface area contributed by atoms with Gasteiger partial charge in [0.1, 0.15) is 0 Å². The van der Waals surface area contributed by atoms with E-state index in [9.17, 15) is 9.59 Å². The summed E-state index contributed by atoms with van der Waals surface area (Å²) in [5, 5.41) is 2.84. The number of hydrogen-bond donors (Lipinski definition) is 1. The number of aromatic nitrogens is 1. The maximum absolute atomic E-state index is 12.6. The Morgan fingerprint density at radius 2 is 1.87 bits per heavy atom. The van der Waals surface area contributed by atoms with Gasteiger partial charge in [-0.3, -0.25) is 0 Å². The van der Waals surface area contributed by atoms with E-state index in [-0.39, 0.29) is 0 Å². The smallest absolute Gasteiger partial charge is 0.407 e. The minimum atomic E-state index is -0.648. The fraction of sp³-hybridized carbons (Fsp3) is 0.385. The molecule has 0 atom stereocenters. The lowest BCUT2D eigenvalue weighted by Crippen LogP contribution is -2.34. The first-order valence-corrected chi connectivity index (χ1v) is 11.4. The molecule has 1 aliphatic rings. The molecule has 5 heteroatoms. The molecule has 1 saturated carbocycles. The van der Waals surface area contributed by atoms with E-state index < -0.39 is 11.8 Å². The van der Waals surface area contributed by atoms with Crippen LogP contribution in [0.2, 0.25) is 0 Å². The first-order chi connectivity index (χ1) is 15.2. The maximum Gasteiger partial charge on any atom is 0.428 e. The molecular weight excluding hydrogens is 388 g/mol. The van der Waals surface area contributed by atoms with Crippen LogP contribution in [0.15, 0.2) is 63.8 Å². The number of fused-ring (bicyclic) bond motifs is 1. The van der Waals surface area contributed by atoms with Crippen molar-refractivity contribution in [1.29, 1.82) is 0 Å². The Morgan fingerprint density at radius 3 is 2.68 bits per heavy atom. The van der Waals surface area contributed by atoms with Crippen molar-refractivity contribution < 1.29 is 9.21 Å². The molecule has 1 aromatic heterocycles. The van der Waals surface area contributed by atoms with Crippen LogP contribution in [0, 0.1) is 5.92 Å². The standard InChI is InChI=1S/C26H30N2O3/c29-25(27-18-8-7-13-20-9-3-1-4-10-20)28-23-17-16-22(19-24(23)31-26(28)30)15-14-21-11-5-2-6-12-21/h1,3-4,9-10,14-17,19,21H,2,5-8,11-13,18H2,(H,27,29). The van der Waals surface area contributed by atoms with E-state index in [0.717, 1.165) is 29.4 Å². The number of carbonyl (C=O) groups is 1. The zero-order chi connectivity index (χ0) is 21.5. The summed E-state index contributed by atoms with van der Waals surface area (Å²) in [6.45, 7) is 0.521. The van der Waals surface area contributed by atoms with Gasteiger partial charge in [-0.1, -0.05) is 67.8 Å². The van der Waals surface area contributed by atoms with Crippen LogP contribution in [0.5, 0.6) is 0 Å². The molecule has 0 spiro atoms. The van der Waals surface area contributed by atoms with Gasteiger partial charge in [-0.15, -0.1) is 0 Å². The third-order valence-electron chi connectivity index (χ3n) is 6.03. The highest BCUT2D eigenvalue weighted by molar-refractivity contribution is 5.88. The van der Waals surface area contributed by atoms with Gasteiger partial charge in [0, 0.05) is 6.54 Å². The fourth-order valence-corrected chi connectivity index (χ4v) is 4.28. The summed E-state index contributed by atoms with van der Waals surface area (Å²) < 4.78 is 6.44.